The van der Waals surface area contributed by atoms with Crippen LogP contribution < -0.4 is 0 Å². The molecule has 19 heavy (non-hydrogen) atoms. The van der Waals surface area contributed by atoms with E-state index in [4.69, 9.17) is 0 Å². The van der Waals surface area contributed by atoms with Crippen molar-refractivity contribution in [2.24, 2.45) is 0 Å². The summed E-state index contributed by atoms with van der Waals surface area (Å²) >= 11 is 0. The Bertz CT molecular complexity index is 453. The maximum atomic E-state index is 2.23. The summed E-state index contributed by atoms with van der Waals surface area (Å²) in [6.07, 6.45) is 3.75. The Balaban J connectivity index is 0.000000467. The van der Waals surface area contributed by atoms with Gasteiger partial charge < -0.3 is 0 Å². The number of rotatable bonds is 2. The van der Waals surface area contributed by atoms with E-state index in [1.165, 1.54) is 34.7 Å². The first kappa shape index (κ1) is 17.7. The summed E-state index contributed by atoms with van der Waals surface area (Å²) in [5, 5.41) is 2.80. The zero-order chi connectivity index (χ0) is 14.7. The van der Waals surface area contributed by atoms with Gasteiger partial charge in [-0.1, -0.05) is 83.9 Å². The second-order valence-electron chi connectivity index (χ2n) is 4.44. The highest BCUT2D eigenvalue weighted by Gasteiger charge is 1.99. The number of hydrogen-bond donors (Lipinski definition) is 0. The average Bonchev–Trinajstić information content (AvgIpc) is 2.50. The number of aryl methyl sites for hydroxylation is 2. The van der Waals surface area contributed by atoms with E-state index < -0.39 is 0 Å². The van der Waals surface area contributed by atoms with E-state index in [1.807, 2.05) is 13.8 Å². The lowest BCUT2D eigenvalue weighted by Crippen LogP contribution is -1.85. The molecule has 0 unspecified atom stereocenters. The van der Waals surface area contributed by atoms with Gasteiger partial charge in [-0.2, -0.15) is 0 Å². The molecule has 0 bridgehead atoms. The van der Waals surface area contributed by atoms with E-state index in [9.17, 15) is 0 Å². The molecule has 2 aromatic rings. The zero-order valence-electron chi connectivity index (χ0n) is 13.6. The number of hydrogen-bond acceptors (Lipinski definition) is 0. The molecule has 0 nitrogen and oxygen atoms in total. The zero-order valence-corrected chi connectivity index (χ0v) is 13.6. The quantitative estimate of drug-likeness (QED) is 0.573. The molecule has 0 heterocycles. The molecule has 0 amide bonds. The van der Waals surface area contributed by atoms with Crippen LogP contribution in [-0.2, 0) is 6.42 Å². The summed E-state index contributed by atoms with van der Waals surface area (Å²) in [6, 6.07) is 13.1. The van der Waals surface area contributed by atoms with Crippen molar-refractivity contribution in [2.75, 3.05) is 0 Å². The third-order valence-corrected chi connectivity index (χ3v) is 3.11. The number of fused-ring (bicyclic) bond motifs is 1. The Labute approximate surface area is 119 Å². The van der Waals surface area contributed by atoms with Crippen molar-refractivity contribution < 1.29 is 0 Å². The van der Waals surface area contributed by atoms with Crippen LogP contribution in [-0.4, -0.2) is 0 Å². The first-order valence-corrected chi connectivity index (χ1v) is 7.71. The minimum atomic E-state index is 1.11. The molecular formula is C19H30. The van der Waals surface area contributed by atoms with Crippen LogP contribution >= 0.6 is 0 Å². The maximum absolute atomic E-state index is 2.23. The van der Waals surface area contributed by atoms with Crippen molar-refractivity contribution in [3.05, 3.63) is 47.5 Å². The van der Waals surface area contributed by atoms with E-state index in [1.54, 1.807) is 0 Å². The minimum absolute atomic E-state index is 1.11. The van der Waals surface area contributed by atoms with Gasteiger partial charge in [0.25, 0.3) is 0 Å². The highest BCUT2D eigenvalue weighted by molar-refractivity contribution is 5.88. The average molecular weight is 258 g/mol. The Morgan fingerprint density at radius 2 is 1.26 bits per heavy atom. The fourth-order valence-electron chi connectivity index (χ4n) is 1.82. The van der Waals surface area contributed by atoms with Gasteiger partial charge in [-0.15, -0.1) is 0 Å². The van der Waals surface area contributed by atoms with Crippen molar-refractivity contribution in [1.29, 1.82) is 0 Å². The fourth-order valence-corrected chi connectivity index (χ4v) is 1.82. The van der Waals surface area contributed by atoms with Crippen LogP contribution in [0.15, 0.2) is 36.4 Å². The molecule has 0 aliphatic heterocycles. The van der Waals surface area contributed by atoms with E-state index in [-0.39, 0.29) is 0 Å². The lowest BCUT2D eigenvalue weighted by atomic mass is 9.99. The van der Waals surface area contributed by atoms with Gasteiger partial charge in [0.15, 0.2) is 0 Å². The Kier molecular flexibility index (Phi) is 9.88. The summed E-state index contributed by atoms with van der Waals surface area (Å²) in [5.41, 5.74) is 2.81. The summed E-state index contributed by atoms with van der Waals surface area (Å²) in [5.74, 6) is 0. The summed E-state index contributed by atoms with van der Waals surface area (Å²) < 4.78 is 0. The molecule has 106 valence electrons. The van der Waals surface area contributed by atoms with Crippen molar-refractivity contribution in [2.45, 2.75) is 60.8 Å². The summed E-state index contributed by atoms with van der Waals surface area (Å²) in [4.78, 5) is 0. The predicted molar refractivity (Wildman–Crippen MR) is 90.0 cm³/mol. The van der Waals surface area contributed by atoms with Crippen LogP contribution in [0.2, 0.25) is 0 Å². The topological polar surface area (TPSA) is 0 Å². The smallest absolute Gasteiger partial charge is 0.0149 e. The first-order valence-electron chi connectivity index (χ1n) is 7.71. The number of unbranched alkanes of at least 4 members (excludes halogenated alkanes) is 1. The van der Waals surface area contributed by atoms with Crippen molar-refractivity contribution in [1.82, 2.24) is 0 Å². The molecule has 0 fully saturated rings. The van der Waals surface area contributed by atoms with Crippen molar-refractivity contribution in [3.8, 4) is 0 Å². The van der Waals surface area contributed by atoms with Gasteiger partial charge in [-0.25, -0.2) is 0 Å². The molecule has 0 radical (unpaired) electrons. The highest BCUT2D eigenvalue weighted by Crippen LogP contribution is 2.22. The molecule has 0 N–H and O–H groups in total. The third kappa shape index (κ3) is 5.46. The maximum Gasteiger partial charge on any atom is -0.0149 e. The normalized spacial score (nSPS) is 9.16. The summed E-state index contributed by atoms with van der Waals surface area (Å²) in [6.45, 7) is 12.7. The Morgan fingerprint density at radius 3 is 1.74 bits per heavy atom. The van der Waals surface area contributed by atoms with E-state index in [2.05, 4.69) is 64.1 Å². The SMILES string of the molecule is CC.CCCC.CCc1ccc(C)c2ccccc12. The third-order valence-electron chi connectivity index (χ3n) is 3.11. The number of benzene rings is 2. The molecule has 0 atom stereocenters. The standard InChI is InChI=1S/C13H14.C4H10.C2H6/c1-3-11-9-8-10(2)12-6-4-5-7-13(11)12;1-3-4-2;1-2/h4-9H,3H2,1-2H3;3-4H2,1-2H3;1-2H3. The molecule has 0 aliphatic carbocycles. The van der Waals surface area contributed by atoms with Gasteiger partial charge >= 0.3 is 0 Å². The molecule has 0 heteroatoms. The minimum Gasteiger partial charge on any atom is -0.0683 e. The van der Waals surface area contributed by atoms with Crippen LogP contribution in [0.4, 0.5) is 0 Å². The largest absolute Gasteiger partial charge is 0.0683 e. The molecule has 0 saturated carbocycles. The Morgan fingerprint density at radius 1 is 0.737 bits per heavy atom. The lowest BCUT2D eigenvalue weighted by molar-refractivity contribution is 0.886. The molecule has 0 spiro atoms. The second-order valence-corrected chi connectivity index (χ2v) is 4.44. The van der Waals surface area contributed by atoms with Gasteiger partial charge in [0, 0.05) is 0 Å². The predicted octanol–water partition coefficient (Wildman–Crippen LogP) is 6.54. The molecular weight excluding hydrogens is 228 g/mol. The van der Waals surface area contributed by atoms with Crippen LogP contribution in [0, 0.1) is 6.92 Å². The van der Waals surface area contributed by atoms with Gasteiger partial charge in [-0.05, 0) is 35.2 Å². The molecule has 0 saturated heterocycles. The van der Waals surface area contributed by atoms with Crippen LogP contribution in [0.25, 0.3) is 10.8 Å². The molecule has 2 rings (SSSR count). The fraction of sp³-hybridized carbons (Fsp3) is 0.474. The molecule has 0 aliphatic rings. The van der Waals surface area contributed by atoms with Gasteiger partial charge in [0.05, 0.1) is 0 Å². The monoisotopic (exact) mass is 258 g/mol. The van der Waals surface area contributed by atoms with E-state index in [0.29, 0.717) is 0 Å². The van der Waals surface area contributed by atoms with Crippen molar-refractivity contribution in [3.63, 3.8) is 0 Å². The van der Waals surface area contributed by atoms with E-state index in [0.717, 1.165) is 6.42 Å². The molecule has 2 aromatic carbocycles. The lowest BCUT2D eigenvalue weighted by Gasteiger charge is -2.06. The molecule has 0 aromatic heterocycles. The van der Waals surface area contributed by atoms with Crippen molar-refractivity contribution >= 4 is 10.8 Å². The Hall–Kier alpha value is -1.30. The van der Waals surface area contributed by atoms with Crippen LogP contribution in [0.1, 0.15) is 58.6 Å². The highest BCUT2D eigenvalue weighted by atomic mass is 14.0. The second kappa shape index (κ2) is 10.6. The summed E-state index contributed by atoms with van der Waals surface area (Å²) in [7, 11) is 0. The van der Waals surface area contributed by atoms with Gasteiger partial charge in [-0.3, -0.25) is 0 Å². The van der Waals surface area contributed by atoms with Crippen LogP contribution in [0.5, 0.6) is 0 Å². The van der Waals surface area contributed by atoms with E-state index >= 15 is 0 Å². The van der Waals surface area contributed by atoms with Gasteiger partial charge in [0.1, 0.15) is 0 Å². The first-order chi connectivity index (χ1) is 9.24. The van der Waals surface area contributed by atoms with Gasteiger partial charge in [0.2, 0.25) is 0 Å². The van der Waals surface area contributed by atoms with Crippen LogP contribution in [0.3, 0.4) is 0 Å².